The molecule has 3 rings (SSSR count). The first-order valence-corrected chi connectivity index (χ1v) is 6.46. The molecule has 2 heterocycles. The van der Waals surface area contributed by atoms with E-state index < -0.39 is 0 Å². The number of rotatable bonds is 2. The Hall–Kier alpha value is -1.35. The third kappa shape index (κ3) is 2.07. The Bertz CT molecular complexity index is 509. The van der Waals surface area contributed by atoms with Crippen LogP contribution in [0, 0.1) is 12.8 Å². The Morgan fingerprint density at radius 1 is 1.35 bits per heavy atom. The monoisotopic (exact) mass is 229 g/mol. The molecule has 3 nitrogen and oxygen atoms in total. The van der Waals surface area contributed by atoms with E-state index >= 15 is 0 Å². The van der Waals surface area contributed by atoms with Gasteiger partial charge in [-0.2, -0.15) is 5.10 Å². The van der Waals surface area contributed by atoms with Gasteiger partial charge in [0.25, 0.3) is 0 Å². The molecule has 1 aromatic carbocycles. The normalized spacial score (nSPS) is 17.7. The molecule has 0 atom stereocenters. The maximum absolute atomic E-state index is 4.55. The summed E-state index contributed by atoms with van der Waals surface area (Å²) in [5.41, 5.74) is 2.60. The summed E-state index contributed by atoms with van der Waals surface area (Å²) in [5, 5.41) is 9.25. The van der Waals surface area contributed by atoms with Gasteiger partial charge in [-0.05, 0) is 50.4 Å². The maximum atomic E-state index is 4.55. The summed E-state index contributed by atoms with van der Waals surface area (Å²) >= 11 is 0. The molecule has 1 aromatic heterocycles. The fraction of sp³-hybridized carbons (Fsp3) is 0.500. The van der Waals surface area contributed by atoms with Crippen molar-refractivity contribution in [2.75, 3.05) is 13.1 Å². The Labute approximate surface area is 102 Å². The summed E-state index contributed by atoms with van der Waals surface area (Å²) in [4.78, 5) is 0. The van der Waals surface area contributed by atoms with Crippen molar-refractivity contribution in [3.63, 3.8) is 0 Å². The minimum atomic E-state index is 0.778. The highest BCUT2D eigenvalue weighted by molar-refractivity contribution is 5.81. The maximum Gasteiger partial charge on any atom is 0.0685 e. The van der Waals surface area contributed by atoms with Crippen LogP contribution >= 0.6 is 0 Å². The summed E-state index contributed by atoms with van der Waals surface area (Å²) in [7, 11) is 0. The molecule has 0 radical (unpaired) electrons. The van der Waals surface area contributed by atoms with E-state index in [0.29, 0.717) is 0 Å². The lowest BCUT2D eigenvalue weighted by molar-refractivity contribution is 0.325. The van der Waals surface area contributed by atoms with Crippen molar-refractivity contribution in [2.24, 2.45) is 5.92 Å². The van der Waals surface area contributed by atoms with E-state index in [0.717, 1.165) is 25.6 Å². The molecule has 1 fully saturated rings. The molecular formula is C14H19N3. The third-order valence-electron chi connectivity index (χ3n) is 3.80. The SMILES string of the molecule is Cc1cccc2c1cnn2CC1CCNCC1. The van der Waals surface area contributed by atoms with Gasteiger partial charge in [0.05, 0.1) is 11.7 Å². The molecule has 0 saturated carbocycles. The van der Waals surface area contributed by atoms with Crippen LogP contribution in [0.25, 0.3) is 10.9 Å². The first-order chi connectivity index (χ1) is 8.34. The highest BCUT2D eigenvalue weighted by atomic mass is 15.3. The van der Waals surface area contributed by atoms with E-state index in [-0.39, 0.29) is 0 Å². The second-order valence-corrected chi connectivity index (χ2v) is 5.03. The van der Waals surface area contributed by atoms with Crippen LogP contribution in [-0.4, -0.2) is 22.9 Å². The first kappa shape index (κ1) is 10.8. The molecule has 90 valence electrons. The average molecular weight is 229 g/mol. The number of piperidine rings is 1. The van der Waals surface area contributed by atoms with Crippen molar-refractivity contribution >= 4 is 10.9 Å². The van der Waals surface area contributed by atoms with Crippen LogP contribution in [0.2, 0.25) is 0 Å². The zero-order chi connectivity index (χ0) is 11.7. The zero-order valence-electron chi connectivity index (χ0n) is 10.3. The lowest BCUT2D eigenvalue weighted by Gasteiger charge is -2.22. The van der Waals surface area contributed by atoms with Gasteiger partial charge in [0.2, 0.25) is 0 Å². The van der Waals surface area contributed by atoms with Gasteiger partial charge in [-0.25, -0.2) is 0 Å². The highest BCUT2D eigenvalue weighted by Crippen LogP contribution is 2.21. The molecule has 17 heavy (non-hydrogen) atoms. The molecule has 0 unspecified atom stereocenters. The Balaban J connectivity index is 1.87. The van der Waals surface area contributed by atoms with E-state index in [4.69, 9.17) is 0 Å². The van der Waals surface area contributed by atoms with Crippen LogP contribution in [0.15, 0.2) is 24.4 Å². The number of fused-ring (bicyclic) bond motifs is 1. The number of hydrogen-bond acceptors (Lipinski definition) is 2. The second kappa shape index (κ2) is 4.49. The number of nitrogens with one attached hydrogen (secondary N) is 1. The minimum absolute atomic E-state index is 0.778. The van der Waals surface area contributed by atoms with E-state index in [1.54, 1.807) is 0 Å². The summed E-state index contributed by atoms with van der Waals surface area (Å²) in [5.74, 6) is 0.778. The van der Waals surface area contributed by atoms with Crippen LogP contribution < -0.4 is 5.32 Å². The van der Waals surface area contributed by atoms with E-state index in [1.165, 1.54) is 29.3 Å². The molecule has 1 aliphatic heterocycles. The summed E-state index contributed by atoms with van der Waals surface area (Å²) in [6.07, 6.45) is 4.55. The van der Waals surface area contributed by atoms with Gasteiger partial charge >= 0.3 is 0 Å². The minimum Gasteiger partial charge on any atom is -0.317 e. The lowest BCUT2D eigenvalue weighted by Crippen LogP contribution is -2.30. The van der Waals surface area contributed by atoms with Crippen LogP contribution in [0.4, 0.5) is 0 Å². The smallest absolute Gasteiger partial charge is 0.0685 e. The summed E-state index contributed by atoms with van der Waals surface area (Å²) < 4.78 is 2.18. The van der Waals surface area contributed by atoms with Gasteiger partial charge < -0.3 is 5.32 Å². The van der Waals surface area contributed by atoms with Gasteiger partial charge in [0.15, 0.2) is 0 Å². The number of aromatic nitrogens is 2. The van der Waals surface area contributed by atoms with E-state index in [2.05, 4.69) is 40.2 Å². The number of nitrogens with zero attached hydrogens (tertiary/aromatic N) is 2. The Morgan fingerprint density at radius 2 is 2.18 bits per heavy atom. The van der Waals surface area contributed by atoms with Gasteiger partial charge in [-0.1, -0.05) is 12.1 Å². The van der Waals surface area contributed by atoms with Crippen LogP contribution in [-0.2, 0) is 6.54 Å². The highest BCUT2D eigenvalue weighted by Gasteiger charge is 2.15. The Morgan fingerprint density at radius 3 is 3.00 bits per heavy atom. The molecular weight excluding hydrogens is 210 g/mol. The Kier molecular flexibility index (Phi) is 2.85. The first-order valence-electron chi connectivity index (χ1n) is 6.46. The predicted molar refractivity (Wildman–Crippen MR) is 70.1 cm³/mol. The topological polar surface area (TPSA) is 29.9 Å². The molecule has 0 aliphatic carbocycles. The van der Waals surface area contributed by atoms with E-state index in [9.17, 15) is 0 Å². The quantitative estimate of drug-likeness (QED) is 0.856. The molecule has 1 N–H and O–H groups in total. The van der Waals surface area contributed by atoms with Crippen molar-refractivity contribution in [3.8, 4) is 0 Å². The van der Waals surface area contributed by atoms with Crippen LogP contribution in [0.3, 0.4) is 0 Å². The molecule has 1 saturated heterocycles. The van der Waals surface area contributed by atoms with Crippen molar-refractivity contribution in [2.45, 2.75) is 26.3 Å². The fourth-order valence-electron chi connectivity index (χ4n) is 2.70. The van der Waals surface area contributed by atoms with Gasteiger partial charge in [0, 0.05) is 11.9 Å². The van der Waals surface area contributed by atoms with Crippen molar-refractivity contribution in [1.29, 1.82) is 0 Å². The van der Waals surface area contributed by atoms with E-state index in [1.807, 2.05) is 6.20 Å². The fourth-order valence-corrected chi connectivity index (χ4v) is 2.70. The number of aryl methyl sites for hydroxylation is 1. The number of benzene rings is 1. The molecule has 3 heteroatoms. The summed E-state index contributed by atoms with van der Waals surface area (Å²) in [6.45, 7) is 5.53. The van der Waals surface area contributed by atoms with Crippen molar-refractivity contribution < 1.29 is 0 Å². The predicted octanol–water partition coefficient (Wildman–Crippen LogP) is 2.34. The largest absolute Gasteiger partial charge is 0.317 e. The standard InChI is InChI=1S/C14H19N3/c1-11-3-2-4-14-13(11)9-16-17(14)10-12-5-7-15-8-6-12/h2-4,9,12,15H,5-8,10H2,1H3. The molecule has 0 amide bonds. The third-order valence-corrected chi connectivity index (χ3v) is 3.80. The lowest BCUT2D eigenvalue weighted by atomic mass is 9.98. The molecule has 1 aliphatic rings. The average Bonchev–Trinajstić information content (AvgIpc) is 2.76. The molecule has 0 bridgehead atoms. The van der Waals surface area contributed by atoms with Gasteiger partial charge in [-0.3, -0.25) is 4.68 Å². The second-order valence-electron chi connectivity index (χ2n) is 5.03. The van der Waals surface area contributed by atoms with Crippen LogP contribution in [0.1, 0.15) is 18.4 Å². The van der Waals surface area contributed by atoms with Crippen molar-refractivity contribution in [1.82, 2.24) is 15.1 Å². The van der Waals surface area contributed by atoms with Crippen molar-refractivity contribution in [3.05, 3.63) is 30.0 Å². The van der Waals surface area contributed by atoms with Gasteiger partial charge in [-0.15, -0.1) is 0 Å². The van der Waals surface area contributed by atoms with Gasteiger partial charge in [0.1, 0.15) is 0 Å². The number of hydrogen-bond donors (Lipinski definition) is 1. The zero-order valence-corrected chi connectivity index (χ0v) is 10.3. The molecule has 2 aromatic rings. The summed E-state index contributed by atoms with van der Waals surface area (Å²) in [6, 6.07) is 6.45. The van der Waals surface area contributed by atoms with Crippen LogP contribution in [0.5, 0.6) is 0 Å². The molecule has 0 spiro atoms.